The van der Waals surface area contributed by atoms with Crippen LogP contribution in [0.3, 0.4) is 0 Å². The van der Waals surface area contributed by atoms with Crippen LogP contribution in [0.15, 0.2) is 24.3 Å². The van der Waals surface area contributed by atoms with Gasteiger partial charge in [-0.15, -0.1) is 0 Å². The third-order valence-electron chi connectivity index (χ3n) is 2.80. The Bertz CT molecular complexity index is 506. The minimum absolute atomic E-state index is 0.0784. The number of benzene rings is 1. The van der Waals surface area contributed by atoms with Gasteiger partial charge in [0.05, 0.1) is 6.57 Å². The first kappa shape index (κ1) is 15.7. The van der Waals surface area contributed by atoms with Gasteiger partial charge in [0.1, 0.15) is 0 Å². The molecule has 0 bridgehead atoms. The Hall–Kier alpha value is -2.35. The van der Waals surface area contributed by atoms with E-state index < -0.39 is 5.97 Å². The summed E-state index contributed by atoms with van der Waals surface area (Å²) in [6.07, 6.45) is 3.68. The van der Waals surface area contributed by atoms with Gasteiger partial charge in [0.2, 0.25) is 5.91 Å². The highest BCUT2D eigenvalue weighted by molar-refractivity contribution is 5.91. The van der Waals surface area contributed by atoms with Crippen molar-refractivity contribution in [3.8, 4) is 0 Å². The molecule has 0 unspecified atom stereocenters. The average Bonchev–Trinajstić information content (AvgIpc) is 2.42. The molecule has 5 heteroatoms. The van der Waals surface area contributed by atoms with Crippen LogP contribution in [0.2, 0.25) is 0 Å². The number of rotatable bonds is 8. The van der Waals surface area contributed by atoms with Crippen molar-refractivity contribution < 1.29 is 14.7 Å². The molecule has 0 atom stereocenters. The summed E-state index contributed by atoms with van der Waals surface area (Å²) in [4.78, 5) is 25.3. The summed E-state index contributed by atoms with van der Waals surface area (Å²) in [5.41, 5.74) is 1.13. The molecule has 20 heavy (non-hydrogen) atoms. The Balaban J connectivity index is 2.20. The summed E-state index contributed by atoms with van der Waals surface area (Å²) in [6, 6.07) is 6.80. The lowest BCUT2D eigenvalue weighted by atomic mass is 10.1. The van der Waals surface area contributed by atoms with Crippen molar-refractivity contribution in [1.82, 2.24) is 0 Å². The van der Waals surface area contributed by atoms with Crippen LogP contribution in [-0.2, 0) is 9.59 Å². The van der Waals surface area contributed by atoms with Crippen LogP contribution in [0.5, 0.6) is 0 Å². The van der Waals surface area contributed by atoms with Crippen molar-refractivity contribution >= 4 is 23.3 Å². The SMILES string of the molecule is [C-]#[N+]c1cccc(NC(=O)CCCCCCC(=O)O)c1. The minimum Gasteiger partial charge on any atom is -0.481 e. The van der Waals surface area contributed by atoms with E-state index >= 15 is 0 Å². The van der Waals surface area contributed by atoms with Crippen LogP contribution >= 0.6 is 0 Å². The van der Waals surface area contributed by atoms with Crippen molar-refractivity contribution in [2.75, 3.05) is 5.32 Å². The van der Waals surface area contributed by atoms with Crippen molar-refractivity contribution in [2.24, 2.45) is 0 Å². The lowest BCUT2D eigenvalue weighted by Crippen LogP contribution is -2.10. The zero-order valence-corrected chi connectivity index (χ0v) is 11.3. The Kier molecular flexibility index (Phi) is 6.83. The summed E-state index contributed by atoms with van der Waals surface area (Å²) in [5.74, 6) is -0.854. The third-order valence-corrected chi connectivity index (χ3v) is 2.80. The number of anilines is 1. The van der Waals surface area contributed by atoms with E-state index in [1.165, 1.54) is 0 Å². The maximum absolute atomic E-state index is 11.7. The molecule has 2 N–H and O–H groups in total. The van der Waals surface area contributed by atoms with Crippen LogP contribution in [0.4, 0.5) is 11.4 Å². The van der Waals surface area contributed by atoms with Crippen LogP contribution in [0, 0.1) is 6.57 Å². The fourth-order valence-corrected chi connectivity index (χ4v) is 1.79. The number of hydrogen-bond donors (Lipinski definition) is 2. The summed E-state index contributed by atoms with van der Waals surface area (Å²) < 4.78 is 0. The fourth-order valence-electron chi connectivity index (χ4n) is 1.79. The number of nitrogens with zero attached hydrogens (tertiary/aromatic N) is 1. The van der Waals surface area contributed by atoms with Crippen LogP contribution in [0.1, 0.15) is 38.5 Å². The normalized spacial score (nSPS) is 9.75. The van der Waals surface area contributed by atoms with E-state index in [1.54, 1.807) is 24.3 Å². The molecule has 1 amide bonds. The molecule has 106 valence electrons. The van der Waals surface area contributed by atoms with Gasteiger partial charge in [-0.3, -0.25) is 9.59 Å². The van der Waals surface area contributed by atoms with Gasteiger partial charge in [-0.1, -0.05) is 25.0 Å². The van der Waals surface area contributed by atoms with Gasteiger partial charge in [0.15, 0.2) is 5.69 Å². The Morgan fingerprint density at radius 3 is 2.50 bits per heavy atom. The Morgan fingerprint density at radius 1 is 1.15 bits per heavy atom. The van der Waals surface area contributed by atoms with Gasteiger partial charge in [-0.2, -0.15) is 0 Å². The molecule has 0 aromatic heterocycles. The summed E-state index contributed by atoms with van der Waals surface area (Å²) in [7, 11) is 0. The molecule has 0 radical (unpaired) electrons. The number of unbranched alkanes of at least 4 members (excludes halogenated alkanes) is 3. The highest BCUT2D eigenvalue weighted by atomic mass is 16.4. The smallest absolute Gasteiger partial charge is 0.303 e. The maximum Gasteiger partial charge on any atom is 0.303 e. The first-order valence-electron chi connectivity index (χ1n) is 6.61. The second-order valence-corrected chi connectivity index (χ2v) is 4.52. The van der Waals surface area contributed by atoms with Crippen LogP contribution in [-0.4, -0.2) is 17.0 Å². The zero-order chi connectivity index (χ0) is 14.8. The number of nitrogens with one attached hydrogen (secondary N) is 1. The molecule has 1 rings (SSSR count). The fraction of sp³-hybridized carbons (Fsp3) is 0.400. The topological polar surface area (TPSA) is 70.8 Å². The van der Waals surface area contributed by atoms with E-state index in [-0.39, 0.29) is 12.3 Å². The highest BCUT2D eigenvalue weighted by Crippen LogP contribution is 2.18. The predicted octanol–water partition coefficient (Wildman–Crippen LogP) is 3.60. The van der Waals surface area contributed by atoms with Crippen molar-refractivity contribution in [3.63, 3.8) is 0 Å². The molecule has 0 saturated carbocycles. The molecule has 5 nitrogen and oxygen atoms in total. The van der Waals surface area contributed by atoms with E-state index in [0.29, 0.717) is 24.2 Å². The molecular weight excluding hydrogens is 256 g/mol. The van der Waals surface area contributed by atoms with E-state index in [1.807, 2.05) is 0 Å². The first-order valence-corrected chi connectivity index (χ1v) is 6.61. The number of hydrogen-bond acceptors (Lipinski definition) is 2. The van der Waals surface area contributed by atoms with Gasteiger partial charge in [0, 0.05) is 18.5 Å². The largest absolute Gasteiger partial charge is 0.481 e. The van der Waals surface area contributed by atoms with Crippen molar-refractivity contribution in [2.45, 2.75) is 38.5 Å². The van der Waals surface area contributed by atoms with Gasteiger partial charge < -0.3 is 10.4 Å². The van der Waals surface area contributed by atoms with Crippen molar-refractivity contribution in [3.05, 3.63) is 35.7 Å². The molecule has 0 spiro atoms. The molecule has 0 aliphatic carbocycles. The first-order chi connectivity index (χ1) is 9.61. The quantitative estimate of drug-likeness (QED) is 0.562. The number of aliphatic carboxylic acids is 1. The van der Waals surface area contributed by atoms with Gasteiger partial charge >= 0.3 is 5.97 Å². The third kappa shape index (κ3) is 6.55. The maximum atomic E-state index is 11.7. The zero-order valence-electron chi connectivity index (χ0n) is 11.3. The summed E-state index contributed by atoms with van der Waals surface area (Å²) in [6.45, 7) is 6.90. The molecule has 0 aliphatic heterocycles. The molecule has 0 fully saturated rings. The second kappa shape index (κ2) is 8.70. The molecule has 1 aromatic carbocycles. The number of carbonyl (C=O) groups excluding carboxylic acids is 1. The highest BCUT2D eigenvalue weighted by Gasteiger charge is 2.03. The number of carboxylic acids is 1. The molecule has 0 heterocycles. The van der Waals surface area contributed by atoms with Crippen LogP contribution < -0.4 is 5.32 Å². The number of carboxylic acid groups (broad SMARTS) is 1. The summed E-state index contributed by atoms with van der Waals surface area (Å²) in [5, 5.41) is 11.2. The number of amides is 1. The molecule has 0 aliphatic rings. The minimum atomic E-state index is -0.776. The average molecular weight is 274 g/mol. The standard InChI is InChI=1S/C15H18N2O3/c1-16-12-7-6-8-13(11-12)17-14(18)9-4-2-3-5-10-15(19)20/h6-8,11H,2-5,9-10H2,(H,17,18)(H,19,20). The van der Waals surface area contributed by atoms with Gasteiger partial charge in [0.25, 0.3) is 0 Å². The van der Waals surface area contributed by atoms with E-state index in [9.17, 15) is 9.59 Å². The predicted molar refractivity (Wildman–Crippen MR) is 76.7 cm³/mol. The van der Waals surface area contributed by atoms with Gasteiger partial charge in [-0.05, 0) is 25.0 Å². The second-order valence-electron chi connectivity index (χ2n) is 4.52. The lowest BCUT2D eigenvalue weighted by molar-refractivity contribution is -0.137. The lowest BCUT2D eigenvalue weighted by Gasteiger charge is -2.05. The van der Waals surface area contributed by atoms with Crippen molar-refractivity contribution in [1.29, 1.82) is 0 Å². The number of carbonyl (C=O) groups is 2. The molecule has 0 saturated heterocycles. The monoisotopic (exact) mass is 274 g/mol. The molecule has 1 aromatic rings. The Morgan fingerprint density at radius 2 is 1.85 bits per heavy atom. The summed E-state index contributed by atoms with van der Waals surface area (Å²) >= 11 is 0. The van der Waals surface area contributed by atoms with E-state index in [2.05, 4.69) is 10.2 Å². The van der Waals surface area contributed by atoms with E-state index in [4.69, 9.17) is 11.7 Å². The van der Waals surface area contributed by atoms with E-state index in [0.717, 1.165) is 19.3 Å². The van der Waals surface area contributed by atoms with Crippen LogP contribution in [0.25, 0.3) is 4.85 Å². The molecular formula is C15H18N2O3. The Labute approximate surface area is 118 Å². The van der Waals surface area contributed by atoms with Gasteiger partial charge in [-0.25, -0.2) is 4.85 Å².